The van der Waals surface area contributed by atoms with Gasteiger partial charge in [0.05, 0.1) is 24.1 Å². The van der Waals surface area contributed by atoms with Crippen molar-refractivity contribution in [3.05, 3.63) is 28.8 Å². The molecule has 1 aromatic rings. The molecule has 0 spiro atoms. The third kappa shape index (κ3) is 3.18. The molecule has 3 rings (SSSR count). The molecule has 122 valence electrons. The number of fused-ring (bicyclic) bond motifs is 1. The van der Waals surface area contributed by atoms with Gasteiger partial charge in [0.25, 0.3) is 5.91 Å². The summed E-state index contributed by atoms with van der Waals surface area (Å²) in [5.74, 6) is -0.427. The average molecular weight is 316 g/mol. The van der Waals surface area contributed by atoms with Gasteiger partial charge in [-0.05, 0) is 18.2 Å². The van der Waals surface area contributed by atoms with Crippen LogP contribution in [0, 0.1) is 5.41 Å². The van der Waals surface area contributed by atoms with Gasteiger partial charge in [0.15, 0.2) is 6.29 Å². The number of amides is 2. The zero-order valence-corrected chi connectivity index (χ0v) is 13.5. The van der Waals surface area contributed by atoms with E-state index in [0.717, 1.165) is 0 Å². The average Bonchev–Trinajstić information content (AvgIpc) is 2.83. The number of nitrogens with zero attached hydrogens (tertiary/aromatic N) is 1. The first-order valence-electron chi connectivity index (χ1n) is 7.70. The lowest BCUT2D eigenvalue weighted by Gasteiger charge is -2.34. The quantitative estimate of drug-likeness (QED) is 0.892. The van der Waals surface area contributed by atoms with Crippen molar-refractivity contribution in [3.63, 3.8) is 0 Å². The Morgan fingerprint density at radius 3 is 2.70 bits per heavy atom. The summed E-state index contributed by atoms with van der Waals surface area (Å²) in [5, 5.41) is 4.03. The van der Waals surface area contributed by atoms with Crippen molar-refractivity contribution in [2.75, 3.05) is 18.5 Å². The molecule has 0 bridgehead atoms. The highest BCUT2D eigenvalue weighted by atomic mass is 16.7. The summed E-state index contributed by atoms with van der Waals surface area (Å²) in [7, 11) is 0. The van der Waals surface area contributed by atoms with Crippen LogP contribution in [-0.4, -0.2) is 31.3 Å². The molecule has 1 fully saturated rings. The summed E-state index contributed by atoms with van der Waals surface area (Å²) in [6.45, 7) is 6.89. The summed E-state index contributed by atoms with van der Waals surface area (Å²) in [4.78, 5) is 27.8. The molecule has 2 heterocycles. The van der Waals surface area contributed by atoms with Crippen molar-refractivity contribution >= 4 is 23.1 Å². The number of hydrogen-bond acceptors (Lipinski definition) is 4. The minimum Gasteiger partial charge on any atom is -0.348 e. The van der Waals surface area contributed by atoms with E-state index < -0.39 is 6.29 Å². The SMILES string of the molecule is CCC(=O)Nc1ccc2c(c1)=C(C1OCC(C)(C)CO1)C(=O)N=2. The first kappa shape index (κ1) is 15.8. The fraction of sp³-hybridized carbons (Fsp3) is 0.471. The fourth-order valence-electron chi connectivity index (χ4n) is 2.55. The van der Waals surface area contributed by atoms with Gasteiger partial charge in [0.1, 0.15) is 0 Å². The molecule has 0 atom stereocenters. The van der Waals surface area contributed by atoms with Crippen molar-refractivity contribution in [2.45, 2.75) is 33.5 Å². The van der Waals surface area contributed by atoms with Crippen LogP contribution in [0.25, 0.3) is 5.57 Å². The Morgan fingerprint density at radius 2 is 2.04 bits per heavy atom. The number of benzene rings is 1. The van der Waals surface area contributed by atoms with E-state index in [9.17, 15) is 9.59 Å². The Kier molecular flexibility index (Phi) is 4.04. The van der Waals surface area contributed by atoms with Gasteiger partial charge in [-0.25, -0.2) is 4.99 Å². The molecule has 0 aliphatic carbocycles. The van der Waals surface area contributed by atoms with E-state index in [1.807, 2.05) is 13.8 Å². The molecule has 1 saturated heterocycles. The van der Waals surface area contributed by atoms with E-state index in [-0.39, 0.29) is 17.2 Å². The van der Waals surface area contributed by atoms with Crippen LogP contribution in [0.15, 0.2) is 23.2 Å². The van der Waals surface area contributed by atoms with Crippen molar-refractivity contribution < 1.29 is 19.1 Å². The molecule has 1 aromatic carbocycles. The number of ether oxygens (including phenoxy) is 2. The molecular formula is C17H20N2O4. The maximum Gasteiger partial charge on any atom is 0.279 e. The van der Waals surface area contributed by atoms with Crippen LogP contribution in [0.2, 0.25) is 0 Å². The van der Waals surface area contributed by atoms with Gasteiger partial charge >= 0.3 is 0 Å². The van der Waals surface area contributed by atoms with Crippen molar-refractivity contribution in [1.82, 2.24) is 0 Å². The van der Waals surface area contributed by atoms with Gasteiger partial charge in [-0.15, -0.1) is 0 Å². The molecule has 6 heteroatoms. The fourth-order valence-corrected chi connectivity index (χ4v) is 2.55. The summed E-state index contributed by atoms with van der Waals surface area (Å²) >= 11 is 0. The second-order valence-electron chi connectivity index (χ2n) is 6.58. The van der Waals surface area contributed by atoms with E-state index in [1.165, 1.54) is 0 Å². The monoisotopic (exact) mass is 316 g/mol. The Bertz CT molecular complexity index is 772. The lowest BCUT2D eigenvalue weighted by molar-refractivity contribution is -0.193. The molecule has 2 aliphatic rings. The Hall–Kier alpha value is -2.05. The highest BCUT2D eigenvalue weighted by Crippen LogP contribution is 2.27. The predicted molar refractivity (Wildman–Crippen MR) is 84.0 cm³/mol. The third-order valence-electron chi connectivity index (χ3n) is 3.83. The van der Waals surface area contributed by atoms with E-state index in [0.29, 0.717) is 41.5 Å². The number of rotatable bonds is 3. The maximum atomic E-state index is 12.2. The highest BCUT2D eigenvalue weighted by Gasteiger charge is 2.34. The van der Waals surface area contributed by atoms with Crippen LogP contribution in [0.3, 0.4) is 0 Å². The zero-order valence-electron chi connectivity index (χ0n) is 13.5. The van der Waals surface area contributed by atoms with Gasteiger partial charge in [-0.1, -0.05) is 20.8 Å². The molecule has 0 radical (unpaired) electrons. The van der Waals surface area contributed by atoms with Crippen LogP contribution >= 0.6 is 0 Å². The molecule has 23 heavy (non-hydrogen) atoms. The maximum absolute atomic E-state index is 12.2. The van der Waals surface area contributed by atoms with Crippen molar-refractivity contribution in [1.29, 1.82) is 0 Å². The lowest BCUT2D eigenvalue weighted by atomic mass is 9.95. The van der Waals surface area contributed by atoms with Crippen LogP contribution in [0.4, 0.5) is 5.69 Å². The molecular weight excluding hydrogens is 296 g/mol. The number of carbonyl (C=O) groups excluding carboxylic acids is 2. The van der Waals surface area contributed by atoms with E-state index >= 15 is 0 Å². The first-order chi connectivity index (χ1) is 10.9. The molecule has 2 aliphatic heterocycles. The third-order valence-corrected chi connectivity index (χ3v) is 3.83. The molecule has 0 unspecified atom stereocenters. The highest BCUT2D eigenvalue weighted by molar-refractivity contribution is 6.16. The number of anilines is 1. The van der Waals surface area contributed by atoms with E-state index in [4.69, 9.17) is 9.47 Å². The van der Waals surface area contributed by atoms with E-state index in [1.54, 1.807) is 25.1 Å². The Morgan fingerprint density at radius 1 is 1.35 bits per heavy atom. The summed E-state index contributed by atoms with van der Waals surface area (Å²) in [6.07, 6.45) is -0.321. The molecule has 6 nitrogen and oxygen atoms in total. The van der Waals surface area contributed by atoms with Crippen molar-refractivity contribution in [2.24, 2.45) is 10.4 Å². The smallest absolute Gasteiger partial charge is 0.279 e. The first-order valence-corrected chi connectivity index (χ1v) is 7.70. The van der Waals surface area contributed by atoms with Gasteiger partial charge in [-0.3, -0.25) is 9.59 Å². The van der Waals surface area contributed by atoms with Crippen LogP contribution in [0.1, 0.15) is 27.2 Å². The summed E-state index contributed by atoms with van der Waals surface area (Å²) < 4.78 is 11.4. The van der Waals surface area contributed by atoms with Gasteiger partial charge in [0.2, 0.25) is 5.91 Å². The molecule has 0 aromatic heterocycles. The van der Waals surface area contributed by atoms with Gasteiger partial charge in [0, 0.05) is 22.7 Å². The topological polar surface area (TPSA) is 77.0 Å². The van der Waals surface area contributed by atoms with Gasteiger partial charge < -0.3 is 14.8 Å². The summed E-state index contributed by atoms with van der Waals surface area (Å²) in [6, 6.07) is 5.20. The van der Waals surface area contributed by atoms with Crippen LogP contribution in [-0.2, 0) is 19.1 Å². The second kappa shape index (κ2) is 5.86. The number of hydrogen-bond donors (Lipinski definition) is 1. The molecule has 1 N–H and O–H groups in total. The Labute approximate surface area is 134 Å². The largest absolute Gasteiger partial charge is 0.348 e. The second-order valence-corrected chi connectivity index (χ2v) is 6.58. The standard InChI is InChI=1S/C17H20N2O4/c1-4-13(20)18-10-5-6-12-11(7-10)14(15(21)19-12)16-22-8-17(2,3)9-23-16/h5-7,16H,4,8-9H2,1-3H3,(H,18,20). The minimum atomic E-state index is -0.711. The minimum absolute atomic E-state index is 0.0738. The van der Waals surface area contributed by atoms with Crippen LogP contribution in [0.5, 0.6) is 0 Å². The zero-order chi connectivity index (χ0) is 16.6. The normalized spacial score (nSPS) is 20.1. The Balaban J connectivity index is 1.97. The lowest BCUT2D eigenvalue weighted by Crippen LogP contribution is -2.41. The molecule has 0 saturated carbocycles. The van der Waals surface area contributed by atoms with E-state index in [2.05, 4.69) is 10.3 Å². The number of nitrogens with one attached hydrogen (secondary N) is 1. The molecule has 2 amide bonds. The van der Waals surface area contributed by atoms with Crippen molar-refractivity contribution in [3.8, 4) is 0 Å². The van der Waals surface area contributed by atoms with Crippen LogP contribution < -0.4 is 15.9 Å². The predicted octanol–water partition coefficient (Wildman–Crippen LogP) is 0.745. The number of carbonyl (C=O) groups is 2. The van der Waals surface area contributed by atoms with Gasteiger partial charge in [-0.2, -0.15) is 0 Å². The summed E-state index contributed by atoms with van der Waals surface area (Å²) in [5.41, 5.74) is 0.965.